The Morgan fingerprint density at radius 2 is 1.39 bits per heavy atom. The summed E-state index contributed by atoms with van der Waals surface area (Å²) in [5.41, 5.74) is 4.35. The maximum atomic E-state index is 2.46. The molecule has 0 aliphatic carbocycles. The topological polar surface area (TPSA) is 0 Å². The van der Waals surface area contributed by atoms with E-state index in [1.54, 1.807) is 10.4 Å². The normalized spacial score (nSPS) is 16.8. The molecule has 1 aliphatic heterocycles. The van der Waals surface area contributed by atoms with Gasteiger partial charge in [-0.05, 0) is 34.0 Å². The number of fused-ring (bicyclic) bond motifs is 1. The van der Waals surface area contributed by atoms with Gasteiger partial charge in [0.05, 0.1) is 0 Å². The van der Waals surface area contributed by atoms with Gasteiger partial charge in [0.1, 0.15) is 8.07 Å². The summed E-state index contributed by atoms with van der Waals surface area (Å²) in [4.78, 5) is 0. The second-order valence-electron chi connectivity index (χ2n) is 5.54. The van der Waals surface area contributed by atoms with E-state index in [1.807, 2.05) is 0 Å². The molecule has 0 atom stereocenters. The van der Waals surface area contributed by atoms with Gasteiger partial charge in [0.2, 0.25) is 0 Å². The molecule has 2 aromatic carbocycles. The molecule has 0 saturated carbocycles. The third kappa shape index (κ3) is 1.51. The van der Waals surface area contributed by atoms with Crippen LogP contribution in [0.3, 0.4) is 0 Å². The fourth-order valence-corrected chi connectivity index (χ4v) is 6.96. The summed E-state index contributed by atoms with van der Waals surface area (Å²) in [7, 11) is -1.51. The molecule has 0 aromatic heterocycles. The van der Waals surface area contributed by atoms with Crippen LogP contribution in [-0.2, 0) is 0 Å². The van der Waals surface area contributed by atoms with Gasteiger partial charge >= 0.3 is 0 Å². The summed E-state index contributed by atoms with van der Waals surface area (Å²) in [6, 6.07) is 19.8. The average Bonchev–Trinajstić information content (AvgIpc) is 2.59. The number of benzene rings is 2. The Balaban J connectivity index is 2.26. The van der Waals surface area contributed by atoms with Crippen LogP contribution in [0.1, 0.15) is 18.1 Å². The van der Waals surface area contributed by atoms with Gasteiger partial charge in [0.25, 0.3) is 0 Å². The van der Waals surface area contributed by atoms with Gasteiger partial charge in [-0.2, -0.15) is 0 Å². The molecular weight excluding hydrogens is 232 g/mol. The van der Waals surface area contributed by atoms with E-state index in [-0.39, 0.29) is 0 Å². The van der Waals surface area contributed by atoms with Gasteiger partial charge < -0.3 is 0 Å². The molecule has 3 rings (SSSR count). The molecule has 0 bridgehead atoms. The fraction of sp³-hybridized carbons (Fsp3) is 0.176. The zero-order valence-electron chi connectivity index (χ0n) is 11.2. The van der Waals surface area contributed by atoms with Crippen molar-refractivity contribution in [2.45, 2.75) is 20.0 Å². The smallest absolute Gasteiger partial charge is 0.0623 e. The molecule has 18 heavy (non-hydrogen) atoms. The zero-order valence-corrected chi connectivity index (χ0v) is 12.2. The van der Waals surface area contributed by atoms with E-state index in [1.165, 1.54) is 16.7 Å². The maximum Gasteiger partial charge on any atom is 0.114 e. The lowest BCUT2D eigenvalue weighted by Gasteiger charge is -2.22. The quantitative estimate of drug-likeness (QED) is 0.669. The minimum atomic E-state index is -1.51. The SMILES string of the molecule is CC1=C(c2ccccc2)[Si](C)(C)c2ccccc21. The Bertz CT molecular complexity index is 621. The van der Waals surface area contributed by atoms with E-state index in [0.717, 1.165) is 0 Å². The molecule has 0 nitrogen and oxygen atoms in total. The maximum absolute atomic E-state index is 2.46. The van der Waals surface area contributed by atoms with Crippen LogP contribution in [0.15, 0.2) is 54.6 Å². The molecule has 1 aliphatic rings. The highest BCUT2D eigenvalue weighted by Crippen LogP contribution is 2.39. The van der Waals surface area contributed by atoms with Crippen molar-refractivity contribution in [3.8, 4) is 0 Å². The molecule has 90 valence electrons. The van der Waals surface area contributed by atoms with Crippen molar-refractivity contribution in [2.24, 2.45) is 0 Å². The molecule has 0 saturated heterocycles. The third-order valence-electron chi connectivity index (χ3n) is 4.07. The van der Waals surface area contributed by atoms with E-state index in [4.69, 9.17) is 0 Å². The van der Waals surface area contributed by atoms with E-state index in [9.17, 15) is 0 Å². The van der Waals surface area contributed by atoms with E-state index >= 15 is 0 Å². The fourth-order valence-electron chi connectivity index (χ4n) is 3.28. The first kappa shape index (κ1) is 11.5. The molecule has 1 heteroatoms. The first-order chi connectivity index (χ1) is 8.62. The van der Waals surface area contributed by atoms with Gasteiger partial charge in [-0.1, -0.05) is 67.7 Å². The molecule has 0 amide bonds. The van der Waals surface area contributed by atoms with Crippen LogP contribution in [-0.4, -0.2) is 8.07 Å². The van der Waals surface area contributed by atoms with Gasteiger partial charge in [-0.15, -0.1) is 0 Å². The van der Waals surface area contributed by atoms with Gasteiger partial charge in [0, 0.05) is 0 Å². The Hall–Kier alpha value is -1.60. The van der Waals surface area contributed by atoms with E-state index in [2.05, 4.69) is 74.6 Å². The second-order valence-corrected chi connectivity index (χ2v) is 9.83. The minimum Gasteiger partial charge on any atom is -0.0623 e. The van der Waals surface area contributed by atoms with Crippen LogP contribution in [0, 0.1) is 0 Å². The Morgan fingerprint density at radius 3 is 2.06 bits per heavy atom. The first-order valence-electron chi connectivity index (χ1n) is 6.49. The minimum absolute atomic E-state index is 1.41. The monoisotopic (exact) mass is 250 g/mol. The average molecular weight is 250 g/mol. The van der Waals surface area contributed by atoms with Crippen LogP contribution in [0.5, 0.6) is 0 Å². The molecule has 2 aromatic rings. The Morgan fingerprint density at radius 1 is 0.778 bits per heavy atom. The van der Waals surface area contributed by atoms with Crippen molar-refractivity contribution in [1.82, 2.24) is 0 Å². The van der Waals surface area contributed by atoms with Crippen molar-refractivity contribution in [2.75, 3.05) is 0 Å². The lowest BCUT2D eigenvalue weighted by molar-refractivity contribution is 1.61. The highest BCUT2D eigenvalue weighted by Gasteiger charge is 2.38. The molecule has 0 N–H and O–H groups in total. The number of hydrogen-bond donors (Lipinski definition) is 0. The van der Waals surface area contributed by atoms with Gasteiger partial charge in [-0.3, -0.25) is 0 Å². The molecular formula is C17H18Si. The summed E-state index contributed by atoms with van der Waals surface area (Å²) in [6.07, 6.45) is 0. The highest BCUT2D eigenvalue weighted by atomic mass is 28.3. The number of rotatable bonds is 1. The molecule has 1 heterocycles. The van der Waals surface area contributed by atoms with Crippen LogP contribution in [0.2, 0.25) is 13.1 Å². The predicted molar refractivity (Wildman–Crippen MR) is 82.5 cm³/mol. The summed E-state index contributed by atoms with van der Waals surface area (Å²) in [6.45, 7) is 7.21. The lowest BCUT2D eigenvalue weighted by Crippen LogP contribution is -2.40. The van der Waals surface area contributed by atoms with Crippen LogP contribution < -0.4 is 5.19 Å². The van der Waals surface area contributed by atoms with Crippen LogP contribution in [0.25, 0.3) is 10.8 Å². The first-order valence-corrected chi connectivity index (χ1v) is 9.49. The Kier molecular flexibility index (Phi) is 2.53. The van der Waals surface area contributed by atoms with Crippen LogP contribution >= 0.6 is 0 Å². The molecule has 0 radical (unpaired) electrons. The van der Waals surface area contributed by atoms with Crippen molar-refractivity contribution in [1.29, 1.82) is 0 Å². The van der Waals surface area contributed by atoms with Gasteiger partial charge in [0.15, 0.2) is 0 Å². The lowest BCUT2D eigenvalue weighted by atomic mass is 10.0. The summed E-state index contributed by atoms with van der Waals surface area (Å²) < 4.78 is 0. The number of hydrogen-bond acceptors (Lipinski definition) is 0. The second kappa shape index (κ2) is 3.96. The summed E-state index contributed by atoms with van der Waals surface area (Å²) in [5.74, 6) is 0. The number of allylic oxidation sites excluding steroid dienone is 1. The largest absolute Gasteiger partial charge is 0.114 e. The van der Waals surface area contributed by atoms with Crippen molar-refractivity contribution >= 4 is 24.0 Å². The standard InChI is InChI=1S/C17H18Si/c1-13-15-11-7-8-12-16(15)18(2,3)17(13)14-9-5-4-6-10-14/h4-12H,1-3H3. The summed E-state index contributed by atoms with van der Waals surface area (Å²) >= 11 is 0. The van der Waals surface area contributed by atoms with Crippen molar-refractivity contribution < 1.29 is 0 Å². The third-order valence-corrected chi connectivity index (χ3v) is 7.76. The molecule has 0 fully saturated rings. The highest BCUT2D eigenvalue weighted by molar-refractivity contribution is 7.07. The van der Waals surface area contributed by atoms with E-state index < -0.39 is 8.07 Å². The van der Waals surface area contributed by atoms with Crippen LogP contribution in [0.4, 0.5) is 0 Å². The van der Waals surface area contributed by atoms with Crippen molar-refractivity contribution in [3.05, 3.63) is 65.7 Å². The molecule has 0 unspecified atom stereocenters. The van der Waals surface area contributed by atoms with E-state index in [0.29, 0.717) is 0 Å². The van der Waals surface area contributed by atoms with Gasteiger partial charge in [-0.25, -0.2) is 0 Å². The zero-order chi connectivity index (χ0) is 12.8. The van der Waals surface area contributed by atoms with Crippen molar-refractivity contribution in [3.63, 3.8) is 0 Å². The Labute approximate surface area is 110 Å². The molecule has 0 spiro atoms. The predicted octanol–water partition coefficient (Wildman–Crippen LogP) is 4.09. The summed E-state index contributed by atoms with van der Waals surface area (Å²) in [5, 5.41) is 3.19.